The highest BCUT2D eigenvalue weighted by molar-refractivity contribution is 7.16. The predicted molar refractivity (Wildman–Crippen MR) is 81.0 cm³/mol. The summed E-state index contributed by atoms with van der Waals surface area (Å²) in [6.07, 6.45) is 0.663. The van der Waals surface area contributed by atoms with Gasteiger partial charge in [0.25, 0.3) is 0 Å². The van der Waals surface area contributed by atoms with Crippen LogP contribution >= 0.6 is 22.9 Å². The standard InChI is InChI=1S/C13H18ClN3OS/c1-13(2,3)9(4-6-18)15-10-8-5-7-19-11(8)17-12(14)16-10/h5,7,9,18H,4,6H2,1-3H3,(H,15,16,17). The molecule has 2 N–H and O–H groups in total. The molecule has 6 heteroatoms. The predicted octanol–water partition coefficient (Wildman–Crippen LogP) is 3.55. The van der Waals surface area contributed by atoms with Crippen LogP contribution in [0.5, 0.6) is 0 Å². The summed E-state index contributed by atoms with van der Waals surface area (Å²) in [7, 11) is 0. The molecule has 104 valence electrons. The van der Waals surface area contributed by atoms with Gasteiger partial charge in [0, 0.05) is 12.6 Å². The van der Waals surface area contributed by atoms with Crippen LogP contribution in [0, 0.1) is 5.41 Å². The molecule has 0 aliphatic rings. The van der Waals surface area contributed by atoms with Crippen LogP contribution in [0.1, 0.15) is 27.2 Å². The van der Waals surface area contributed by atoms with Crippen molar-refractivity contribution in [1.82, 2.24) is 9.97 Å². The molecule has 2 aromatic heterocycles. The summed E-state index contributed by atoms with van der Waals surface area (Å²) in [6, 6.07) is 2.10. The van der Waals surface area contributed by atoms with E-state index < -0.39 is 0 Å². The summed E-state index contributed by atoms with van der Waals surface area (Å²) in [5, 5.41) is 15.8. The summed E-state index contributed by atoms with van der Waals surface area (Å²) in [4.78, 5) is 9.35. The van der Waals surface area contributed by atoms with Crippen molar-refractivity contribution in [3.63, 3.8) is 0 Å². The SMILES string of the molecule is CC(C)(C)C(CCO)Nc1nc(Cl)nc2sccc12. The van der Waals surface area contributed by atoms with E-state index in [0.717, 1.165) is 16.0 Å². The molecule has 19 heavy (non-hydrogen) atoms. The van der Waals surface area contributed by atoms with E-state index in [4.69, 9.17) is 11.6 Å². The van der Waals surface area contributed by atoms with Gasteiger partial charge >= 0.3 is 0 Å². The zero-order chi connectivity index (χ0) is 14.0. The van der Waals surface area contributed by atoms with Gasteiger partial charge in [-0.05, 0) is 34.9 Å². The number of aliphatic hydroxyl groups is 1. The average Bonchev–Trinajstić information content (AvgIpc) is 2.74. The molecule has 0 fully saturated rings. The van der Waals surface area contributed by atoms with Gasteiger partial charge in [-0.1, -0.05) is 20.8 Å². The van der Waals surface area contributed by atoms with Crippen molar-refractivity contribution in [3.8, 4) is 0 Å². The molecule has 2 rings (SSSR count). The molecule has 0 aliphatic heterocycles. The van der Waals surface area contributed by atoms with Crippen molar-refractivity contribution in [3.05, 3.63) is 16.7 Å². The number of nitrogens with zero attached hydrogens (tertiary/aromatic N) is 2. The lowest BCUT2D eigenvalue weighted by Crippen LogP contribution is -2.35. The molecule has 0 saturated heterocycles. The minimum absolute atomic E-state index is 0.0164. The fourth-order valence-electron chi connectivity index (χ4n) is 1.96. The molecular formula is C13H18ClN3OS. The summed E-state index contributed by atoms with van der Waals surface area (Å²) >= 11 is 7.49. The average molecular weight is 300 g/mol. The van der Waals surface area contributed by atoms with Gasteiger partial charge in [-0.25, -0.2) is 9.97 Å². The first-order valence-electron chi connectivity index (χ1n) is 6.20. The maximum atomic E-state index is 9.21. The van der Waals surface area contributed by atoms with Gasteiger partial charge in [0.15, 0.2) is 0 Å². The van der Waals surface area contributed by atoms with E-state index in [1.54, 1.807) is 0 Å². The molecule has 2 heterocycles. The molecule has 0 aliphatic carbocycles. The number of nitrogens with one attached hydrogen (secondary N) is 1. The maximum Gasteiger partial charge on any atom is 0.225 e. The van der Waals surface area contributed by atoms with Crippen molar-refractivity contribution < 1.29 is 5.11 Å². The van der Waals surface area contributed by atoms with Gasteiger partial charge < -0.3 is 10.4 Å². The Balaban J connectivity index is 2.35. The van der Waals surface area contributed by atoms with E-state index in [0.29, 0.717) is 6.42 Å². The number of rotatable bonds is 4. The van der Waals surface area contributed by atoms with Gasteiger partial charge in [-0.15, -0.1) is 11.3 Å². The Morgan fingerprint density at radius 1 is 1.42 bits per heavy atom. The van der Waals surface area contributed by atoms with E-state index in [9.17, 15) is 5.11 Å². The second-order valence-corrected chi connectivity index (χ2v) is 6.79. The maximum absolute atomic E-state index is 9.21. The Labute approximate surface area is 121 Å². The molecule has 2 aromatic rings. The van der Waals surface area contributed by atoms with E-state index in [-0.39, 0.29) is 23.3 Å². The highest BCUT2D eigenvalue weighted by Crippen LogP contribution is 2.30. The van der Waals surface area contributed by atoms with Crippen LogP contribution in [0.4, 0.5) is 5.82 Å². The number of aliphatic hydroxyl groups excluding tert-OH is 1. The van der Waals surface area contributed by atoms with E-state index in [1.807, 2.05) is 11.4 Å². The first-order chi connectivity index (χ1) is 8.91. The quantitative estimate of drug-likeness (QED) is 0.848. The van der Waals surface area contributed by atoms with Crippen molar-refractivity contribution in [2.45, 2.75) is 33.2 Å². The highest BCUT2D eigenvalue weighted by atomic mass is 35.5. The Hall–Kier alpha value is -0.910. The molecule has 0 amide bonds. The van der Waals surface area contributed by atoms with Gasteiger partial charge in [-0.2, -0.15) is 0 Å². The molecule has 0 bridgehead atoms. The number of aromatic nitrogens is 2. The van der Waals surface area contributed by atoms with Crippen molar-refractivity contribution in [2.24, 2.45) is 5.41 Å². The van der Waals surface area contributed by atoms with Gasteiger partial charge in [0.1, 0.15) is 10.6 Å². The molecule has 0 radical (unpaired) electrons. The zero-order valence-electron chi connectivity index (χ0n) is 11.3. The number of hydrogen-bond acceptors (Lipinski definition) is 5. The van der Waals surface area contributed by atoms with Crippen LogP contribution < -0.4 is 5.32 Å². The molecule has 0 spiro atoms. The van der Waals surface area contributed by atoms with Crippen molar-refractivity contribution >= 4 is 39.0 Å². The topological polar surface area (TPSA) is 58.0 Å². The van der Waals surface area contributed by atoms with Crippen LogP contribution in [0.15, 0.2) is 11.4 Å². The molecule has 0 saturated carbocycles. The summed E-state index contributed by atoms with van der Waals surface area (Å²) in [6.45, 7) is 6.54. The van der Waals surface area contributed by atoms with Crippen LogP contribution in [-0.4, -0.2) is 27.7 Å². The fraction of sp³-hybridized carbons (Fsp3) is 0.538. The molecule has 1 atom stereocenters. The lowest BCUT2D eigenvalue weighted by atomic mass is 9.85. The molecule has 1 unspecified atom stereocenters. The fourth-order valence-corrected chi connectivity index (χ4v) is 2.94. The number of fused-ring (bicyclic) bond motifs is 1. The number of hydrogen-bond donors (Lipinski definition) is 2. The minimum Gasteiger partial charge on any atom is -0.396 e. The third kappa shape index (κ3) is 3.35. The van der Waals surface area contributed by atoms with E-state index >= 15 is 0 Å². The summed E-state index contributed by atoms with van der Waals surface area (Å²) in [5.74, 6) is 0.740. The second-order valence-electron chi connectivity index (χ2n) is 5.56. The van der Waals surface area contributed by atoms with E-state index in [1.165, 1.54) is 11.3 Å². The Kier molecular flexibility index (Phi) is 4.28. The Morgan fingerprint density at radius 3 is 2.79 bits per heavy atom. The highest BCUT2D eigenvalue weighted by Gasteiger charge is 2.25. The third-order valence-electron chi connectivity index (χ3n) is 3.07. The minimum atomic E-state index is 0.0164. The summed E-state index contributed by atoms with van der Waals surface area (Å²) < 4.78 is 0. The Morgan fingerprint density at radius 2 is 2.16 bits per heavy atom. The second kappa shape index (κ2) is 5.61. The number of thiophene rings is 1. The Bertz CT molecular complexity index is 565. The molecular weight excluding hydrogens is 282 g/mol. The van der Waals surface area contributed by atoms with Crippen LogP contribution in [0.3, 0.4) is 0 Å². The summed E-state index contributed by atoms with van der Waals surface area (Å²) in [5.41, 5.74) is 0.0164. The van der Waals surface area contributed by atoms with Crippen LogP contribution in [0.25, 0.3) is 10.2 Å². The third-order valence-corrected chi connectivity index (χ3v) is 4.05. The normalized spacial score (nSPS) is 13.7. The van der Waals surface area contributed by atoms with Gasteiger partial charge in [0.2, 0.25) is 5.28 Å². The molecule has 4 nitrogen and oxygen atoms in total. The van der Waals surface area contributed by atoms with Crippen molar-refractivity contribution in [1.29, 1.82) is 0 Å². The first kappa shape index (κ1) is 14.5. The lowest BCUT2D eigenvalue weighted by Gasteiger charge is -2.31. The van der Waals surface area contributed by atoms with Gasteiger partial charge in [-0.3, -0.25) is 0 Å². The number of halogens is 1. The first-order valence-corrected chi connectivity index (χ1v) is 7.45. The van der Waals surface area contributed by atoms with Crippen LogP contribution in [0.2, 0.25) is 5.28 Å². The smallest absolute Gasteiger partial charge is 0.225 e. The lowest BCUT2D eigenvalue weighted by molar-refractivity contribution is 0.235. The van der Waals surface area contributed by atoms with Crippen LogP contribution in [-0.2, 0) is 0 Å². The monoisotopic (exact) mass is 299 g/mol. The molecule has 0 aromatic carbocycles. The van der Waals surface area contributed by atoms with Gasteiger partial charge in [0.05, 0.1) is 5.39 Å². The largest absolute Gasteiger partial charge is 0.396 e. The zero-order valence-corrected chi connectivity index (χ0v) is 12.8. The number of anilines is 1. The van der Waals surface area contributed by atoms with Crippen molar-refractivity contribution in [2.75, 3.05) is 11.9 Å². The van der Waals surface area contributed by atoms with E-state index in [2.05, 4.69) is 36.1 Å².